The molecule has 1 aliphatic carbocycles. The highest BCUT2D eigenvalue weighted by molar-refractivity contribution is 7.84. The molecule has 1 amide bonds. The predicted octanol–water partition coefficient (Wildman–Crippen LogP) is 1.99. The number of amides is 1. The second-order valence-electron chi connectivity index (χ2n) is 5.53. The standard InChI is InChI=1S/C15H18N4O2S2/c1-23(21)12-6-2-10(3-7-12)14(20)16-9-8-13-17-18-15(22)19(13)11-4-5-11/h2-3,6-7,11H,4-5,8-9H2,1H3,(H,16,20)(H,18,22)/t23-/m1/s1. The third-order valence-corrected chi connectivity index (χ3v) is 5.00. The fraction of sp³-hybridized carbons (Fsp3) is 0.400. The van der Waals surface area contributed by atoms with Gasteiger partial charge in [-0.1, -0.05) is 0 Å². The second-order valence-corrected chi connectivity index (χ2v) is 7.30. The zero-order chi connectivity index (χ0) is 16.4. The van der Waals surface area contributed by atoms with Crippen LogP contribution in [-0.4, -0.2) is 37.7 Å². The summed E-state index contributed by atoms with van der Waals surface area (Å²) in [5, 5.41) is 9.93. The maximum atomic E-state index is 12.1. The van der Waals surface area contributed by atoms with Crippen molar-refractivity contribution in [1.82, 2.24) is 20.1 Å². The minimum atomic E-state index is -1.04. The fourth-order valence-corrected chi connectivity index (χ4v) is 3.23. The first-order valence-electron chi connectivity index (χ1n) is 7.43. The molecule has 1 aliphatic rings. The van der Waals surface area contributed by atoms with Gasteiger partial charge in [0.1, 0.15) is 5.82 Å². The lowest BCUT2D eigenvalue weighted by molar-refractivity contribution is 0.0954. The van der Waals surface area contributed by atoms with Crippen molar-refractivity contribution in [2.45, 2.75) is 30.2 Å². The van der Waals surface area contributed by atoms with Crippen LogP contribution < -0.4 is 5.32 Å². The molecule has 1 fully saturated rings. The van der Waals surface area contributed by atoms with Crippen LogP contribution in [0.1, 0.15) is 35.1 Å². The van der Waals surface area contributed by atoms with Crippen LogP contribution in [-0.2, 0) is 17.2 Å². The van der Waals surface area contributed by atoms with Crippen molar-refractivity contribution in [3.8, 4) is 0 Å². The van der Waals surface area contributed by atoms with Crippen molar-refractivity contribution in [1.29, 1.82) is 0 Å². The molecule has 0 saturated heterocycles. The molecule has 122 valence electrons. The van der Waals surface area contributed by atoms with Gasteiger partial charge in [0.05, 0.1) is 0 Å². The zero-order valence-electron chi connectivity index (χ0n) is 12.7. The van der Waals surface area contributed by atoms with Gasteiger partial charge in [0.2, 0.25) is 0 Å². The zero-order valence-corrected chi connectivity index (χ0v) is 14.4. The van der Waals surface area contributed by atoms with E-state index in [2.05, 4.69) is 15.5 Å². The minimum Gasteiger partial charge on any atom is -0.352 e. The van der Waals surface area contributed by atoms with Gasteiger partial charge in [-0.2, -0.15) is 5.10 Å². The van der Waals surface area contributed by atoms with Gasteiger partial charge >= 0.3 is 0 Å². The van der Waals surface area contributed by atoms with Gasteiger partial charge < -0.3 is 9.88 Å². The Labute approximate surface area is 141 Å². The molecular weight excluding hydrogens is 332 g/mol. The Bertz CT molecular complexity index is 791. The maximum Gasteiger partial charge on any atom is 0.251 e. The Morgan fingerprint density at radius 3 is 2.74 bits per heavy atom. The summed E-state index contributed by atoms with van der Waals surface area (Å²) in [5.41, 5.74) is 0.556. The largest absolute Gasteiger partial charge is 0.352 e. The van der Waals surface area contributed by atoms with Gasteiger partial charge in [-0.15, -0.1) is 0 Å². The number of rotatable bonds is 6. The highest BCUT2D eigenvalue weighted by Gasteiger charge is 2.26. The van der Waals surface area contributed by atoms with E-state index in [1.807, 2.05) is 4.57 Å². The van der Waals surface area contributed by atoms with E-state index in [9.17, 15) is 9.00 Å². The molecule has 2 aromatic rings. The summed E-state index contributed by atoms with van der Waals surface area (Å²) in [6.07, 6.45) is 4.52. The third kappa shape index (κ3) is 3.76. The van der Waals surface area contributed by atoms with E-state index in [1.54, 1.807) is 30.5 Å². The van der Waals surface area contributed by atoms with Crippen LogP contribution in [0.2, 0.25) is 0 Å². The van der Waals surface area contributed by atoms with Gasteiger partial charge in [0, 0.05) is 46.5 Å². The van der Waals surface area contributed by atoms with E-state index in [1.165, 1.54) is 0 Å². The van der Waals surface area contributed by atoms with Crippen LogP contribution in [0.3, 0.4) is 0 Å². The average molecular weight is 350 g/mol. The molecule has 0 aliphatic heterocycles. The molecule has 8 heteroatoms. The maximum absolute atomic E-state index is 12.1. The lowest BCUT2D eigenvalue weighted by Gasteiger charge is -2.07. The lowest BCUT2D eigenvalue weighted by Crippen LogP contribution is -2.26. The van der Waals surface area contributed by atoms with E-state index in [-0.39, 0.29) is 5.91 Å². The topological polar surface area (TPSA) is 79.8 Å². The average Bonchev–Trinajstić information content (AvgIpc) is 3.31. The number of benzene rings is 1. The number of H-pyrrole nitrogens is 1. The van der Waals surface area contributed by atoms with E-state index >= 15 is 0 Å². The monoisotopic (exact) mass is 350 g/mol. The quantitative estimate of drug-likeness (QED) is 0.781. The summed E-state index contributed by atoms with van der Waals surface area (Å²) in [6, 6.07) is 7.26. The van der Waals surface area contributed by atoms with Crippen molar-refractivity contribution in [3.63, 3.8) is 0 Å². The first-order chi connectivity index (χ1) is 11.1. The van der Waals surface area contributed by atoms with Crippen molar-refractivity contribution >= 4 is 28.9 Å². The molecule has 1 atom stereocenters. The van der Waals surface area contributed by atoms with Crippen LogP contribution in [0, 0.1) is 4.77 Å². The second kappa shape index (κ2) is 6.76. The lowest BCUT2D eigenvalue weighted by atomic mass is 10.2. The number of hydrogen-bond acceptors (Lipinski definition) is 4. The van der Waals surface area contributed by atoms with E-state index < -0.39 is 10.8 Å². The minimum absolute atomic E-state index is 0.148. The van der Waals surface area contributed by atoms with Gasteiger partial charge in [0.25, 0.3) is 5.91 Å². The molecule has 0 spiro atoms. The molecule has 6 nitrogen and oxygen atoms in total. The van der Waals surface area contributed by atoms with Gasteiger partial charge in [0.15, 0.2) is 4.77 Å². The van der Waals surface area contributed by atoms with Crippen LogP contribution in [0.4, 0.5) is 0 Å². The van der Waals surface area contributed by atoms with Crippen molar-refractivity contribution in [3.05, 3.63) is 40.4 Å². The van der Waals surface area contributed by atoms with Gasteiger partial charge in [-0.25, -0.2) is 0 Å². The van der Waals surface area contributed by atoms with Crippen LogP contribution in [0.5, 0.6) is 0 Å². The van der Waals surface area contributed by atoms with Crippen molar-refractivity contribution < 1.29 is 9.00 Å². The number of aromatic nitrogens is 3. The number of nitrogens with one attached hydrogen (secondary N) is 2. The molecule has 1 heterocycles. The van der Waals surface area contributed by atoms with E-state index in [4.69, 9.17) is 12.2 Å². The SMILES string of the molecule is C[S@@](=O)c1ccc(C(=O)NCCc2n[nH]c(=S)n2C2CC2)cc1. The molecule has 0 unspecified atom stereocenters. The van der Waals surface area contributed by atoms with E-state index in [0.717, 1.165) is 18.7 Å². The molecular formula is C15H18N4O2S2. The Morgan fingerprint density at radius 1 is 1.43 bits per heavy atom. The summed E-state index contributed by atoms with van der Waals surface area (Å²) >= 11 is 5.23. The van der Waals surface area contributed by atoms with Crippen molar-refractivity contribution in [2.24, 2.45) is 0 Å². The Morgan fingerprint density at radius 2 is 2.13 bits per heavy atom. The Balaban J connectivity index is 1.57. The summed E-state index contributed by atoms with van der Waals surface area (Å²) in [5.74, 6) is 0.736. The number of carbonyl (C=O) groups is 1. The smallest absolute Gasteiger partial charge is 0.251 e. The molecule has 1 aromatic heterocycles. The molecule has 0 radical (unpaired) electrons. The Kier molecular flexibility index (Phi) is 4.72. The van der Waals surface area contributed by atoms with Gasteiger partial charge in [-0.05, 0) is 49.3 Å². The number of carbonyl (C=O) groups excluding carboxylic acids is 1. The molecule has 1 aromatic carbocycles. The number of hydrogen-bond donors (Lipinski definition) is 2. The Hall–Kier alpha value is -1.80. The number of aromatic amines is 1. The summed E-state index contributed by atoms with van der Waals surface area (Å²) in [6.45, 7) is 0.493. The molecule has 1 saturated carbocycles. The van der Waals surface area contributed by atoms with E-state index in [0.29, 0.717) is 34.2 Å². The van der Waals surface area contributed by atoms with Crippen molar-refractivity contribution in [2.75, 3.05) is 12.8 Å². The predicted molar refractivity (Wildman–Crippen MR) is 90.5 cm³/mol. The number of nitrogens with zero attached hydrogens (tertiary/aromatic N) is 2. The molecule has 2 N–H and O–H groups in total. The molecule has 0 bridgehead atoms. The van der Waals surface area contributed by atoms with Gasteiger partial charge in [-0.3, -0.25) is 14.1 Å². The first kappa shape index (κ1) is 16.1. The highest BCUT2D eigenvalue weighted by atomic mass is 32.2. The summed E-state index contributed by atoms with van der Waals surface area (Å²) < 4.78 is 14.0. The van der Waals surface area contributed by atoms with Crippen LogP contribution in [0.15, 0.2) is 29.2 Å². The van der Waals surface area contributed by atoms with Crippen LogP contribution in [0.25, 0.3) is 0 Å². The molecule has 23 heavy (non-hydrogen) atoms. The van der Waals surface area contributed by atoms with Crippen LogP contribution >= 0.6 is 12.2 Å². The summed E-state index contributed by atoms with van der Waals surface area (Å²) in [4.78, 5) is 12.8. The first-order valence-corrected chi connectivity index (χ1v) is 9.40. The fourth-order valence-electron chi connectivity index (χ4n) is 2.41. The summed E-state index contributed by atoms with van der Waals surface area (Å²) in [7, 11) is -1.04. The molecule has 3 rings (SSSR count). The third-order valence-electron chi connectivity index (χ3n) is 3.77. The highest BCUT2D eigenvalue weighted by Crippen LogP contribution is 2.35. The normalized spacial score (nSPS) is 15.3.